The van der Waals surface area contributed by atoms with E-state index in [9.17, 15) is 0 Å². The summed E-state index contributed by atoms with van der Waals surface area (Å²) in [6, 6.07) is 0. The van der Waals surface area contributed by atoms with Crippen molar-refractivity contribution in [2.75, 3.05) is 0 Å². The van der Waals surface area contributed by atoms with Crippen molar-refractivity contribution >= 4 is 13.5 Å². The van der Waals surface area contributed by atoms with E-state index in [1.807, 2.05) is 6.92 Å². The van der Waals surface area contributed by atoms with E-state index in [2.05, 4.69) is 0 Å². The van der Waals surface area contributed by atoms with Crippen LogP contribution in [0.15, 0.2) is 0 Å². The van der Waals surface area contributed by atoms with Crippen LogP contribution in [0.4, 0.5) is 0 Å². The summed E-state index contributed by atoms with van der Waals surface area (Å²) >= 11 is 0. The Morgan fingerprint density at radius 1 is 1.67 bits per heavy atom. The van der Waals surface area contributed by atoms with Gasteiger partial charge in [-0.2, -0.15) is 13.5 Å². The quantitative estimate of drug-likeness (QED) is 0.529. The van der Waals surface area contributed by atoms with Gasteiger partial charge in [-0.25, -0.2) is 0 Å². The molecule has 0 bridgehead atoms. The lowest BCUT2D eigenvalue weighted by atomic mass is 10.3. The van der Waals surface area contributed by atoms with Gasteiger partial charge in [0.25, 0.3) is 0 Å². The first-order chi connectivity index (χ1) is 2.27. The molecule has 0 aromatic carbocycles. The maximum atomic E-state index is 8.36. The van der Waals surface area contributed by atoms with Crippen LogP contribution in [-0.2, 0) is 0 Å². The van der Waals surface area contributed by atoms with E-state index in [1.165, 1.54) is 0 Å². The van der Waals surface area contributed by atoms with E-state index in [0.717, 1.165) is 6.42 Å². The van der Waals surface area contributed by atoms with Gasteiger partial charge in [-0.05, 0) is 13.3 Å². The summed E-state index contributed by atoms with van der Waals surface area (Å²) in [5.41, 5.74) is 0. The fourth-order valence-electron chi connectivity index (χ4n) is 0. The highest BCUT2D eigenvalue weighted by Gasteiger charge is 1.81. The number of aliphatic hydroxyl groups is 1. The van der Waals surface area contributed by atoms with Crippen LogP contribution in [0.25, 0.3) is 0 Å². The predicted molar refractivity (Wildman–Crippen MR) is 32.4 cm³/mol. The molecule has 0 spiro atoms. The Labute approximate surface area is 45.8 Å². The Morgan fingerprint density at radius 3 is 1.83 bits per heavy atom. The molecule has 0 saturated heterocycles. The lowest BCUT2D eigenvalue weighted by Gasteiger charge is -1.90. The van der Waals surface area contributed by atoms with E-state index in [0.29, 0.717) is 0 Å². The predicted octanol–water partition coefficient (Wildman–Crippen LogP) is 0.890. The molecule has 0 aromatic rings. The lowest BCUT2D eigenvalue weighted by Crippen LogP contribution is -1.93. The molecule has 2 heteroatoms. The van der Waals surface area contributed by atoms with Crippen LogP contribution >= 0.6 is 13.5 Å². The summed E-state index contributed by atoms with van der Waals surface area (Å²) < 4.78 is 0. The van der Waals surface area contributed by atoms with Crippen LogP contribution < -0.4 is 0 Å². The van der Waals surface area contributed by atoms with Crippen molar-refractivity contribution in [1.82, 2.24) is 0 Å². The highest BCUT2D eigenvalue weighted by Crippen LogP contribution is 1.81. The van der Waals surface area contributed by atoms with E-state index < -0.39 is 0 Å². The maximum Gasteiger partial charge on any atom is 0.0509 e. The Kier molecular flexibility index (Phi) is 8.48. The molecule has 0 aliphatic carbocycles. The third-order valence-electron chi connectivity index (χ3n) is 0.591. The third-order valence-corrected chi connectivity index (χ3v) is 0.591. The van der Waals surface area contributed by atoms with E-state index in [1.54, 1.807) is 6.92 Å². The summed E-state index contributed by atoms with van der Waals surface area (Å²) in [7, 11) is 0. The lowest BCUT2D eigenvalue weighted by molar-refractivity contribution is 0.191. The van der Waals surface area contributed by atoms with Crippen molar-refractivity contribution in [2.45, 2.75) is 26.4 Å². The molecule has 40 valence electrons. The SMILES string of the molecule is CCC(C)O.S. The van der Waals surface area contributed by atoms with Crippen LogP contribution in [0.3, 0.4) is 0 Å². The molecule has 0 radical (unpaired) electrons. The van der Waals surface area contributed by atoms with Crippen molar-refractivity contribution < 1.29 is 5.11 Å². The minimum atomic E-state index is -0.116. The average molecular weight is 108 g/mol. The number of hydrogen-bond donors (Lipinski definition) is 1. The molecule has 0 aromatic heterocycles. The molecular formula is C4H12OS. The second-order valence-electron chi connectivity index (χ2n) is 1.26. The minimum Gasteiger partial charge on any atom is -0.393 e. The summed E-state index contributed by atoms with van der Waals surface area (Å²) in [4.78, 5) is 0. The highest BCUT2D eigenvalue weighted by atomic mass is 32.1. The summed E-state index contributed by atoms with van der Waals surface area (Å²) in [6.45, 7) is 3.73. The van der Waals surface area contributed by atoms with E-state index in [4.69, 9.17) is 5.11 Å². The van der Waals surface area contributed by atoms with Gasteiger partial charge in [-0.3, -0.25) is 0 Å². The first-order valence-electron chi connectivity index (χ1n) is 1.95. The zero-order valence-electron chi connectivity index (χ0n) is 4.23. The maximum absolute atomic E-state index is 8.36. The second kappa shape index (κ2) is 5.31. The van der Waals surface area contributed by atoms with Gasteiger partial charge >= 0.3 is 0 Å². The monoisotopic (exact) mass is 108 g/mol. The van der Waals surface area contributed by atoms with Crippen LogP contribution in [0.2, 0.25) is 0 Å². The molecule has 1 nitrogen and oxygen atoms in total. The van der Waals surface area contributed by atoms with Gasteiger partial charge in [0, 0.05) is 0 Å². The molecule has 1 unspecified atom stereocenters. The fourth-order valence-corrected chi connectivity index (χ4v) is 0. The largest absolute Gasteiger partial charge is 0.393 e. The van der Waals surface area contributed by atoms with Gasteiger partial charge in [0.05, 0.1) is 6.10 Å². The van der Waals surface area contributed by atoms with Crippen molar-refractivity contribution in [2.24, 2.45) is 0 Å². The highest BCUT2D eigenvalue weighted by molar-refractivity contribution is 7.59. The van der Waals surface area contributed by atoms with Gasteiger partial charge < -0.3 is 5.11 Å². The van der Waals surface area contributed by atoms with Gasteiger partial charge in [0.15, 0.2) is 0 Å². The van der Waals surface area contributed by atoms with Crippen molar-refractivity contribution in [3.8, 4) is 0 Å². The summed E-state index contributed by atoms with van der Waals surface area (Å²) in [5, 5.41) is 8.36. The summed E-state index contributed by atoms with van der Waals surface area (Å²) in [5.74, 6) is 0. The van der Waals surface area contributed by atoms with Gasteiger partial charge in [0.2, 0.25) is 0 Å². The zero-order chi connectivity index (χ0) is 4.28. The molecule has 0 fully saturated rings. The molecule has 1 atom stereocenters. The van der Waals surface area contributed by atoms with Crippen LogP contribution in [0.1, 0.15) is 20.3 Å². The Bertz CT molecular complexity index is 21.5. The second-order valence-corrected chi connectivity index (χ2v) is 1.26. The Morgan fingerprint density at radius 2 is 1.83 bits per heavy atom. The summed E-state index contributed by atoms with van der Waals surface area (Å²) in [6.07, 6.45) is 0.745. The van der Waals surface area contributed by atoms with Gasteiger partial charge in [-0.15, -0.1) is 0 Å². The standard InChI is InChI=1S/C4H10O.H2S/c1-3-4(2)5;/h4-5H,3H2,1-2H3;1H2. The average Bonchev–Trinajstić information content (AvgIpc) is 1.38. The molecule has 0 heterocycles. The molecule has 0 aliphatic rings. The van der Waals surface area contributed by atoms with Crippen LogP contribution in [0.5, 0.6) is 0 Å². The van der Waals surface area contributed by atoms with Gasteiger partial charge in [0.1, 0.15) is 0 Å². The van der Waals surface area contributed by atoms with Crippen LogP contribution in [-0.4, -0.2) is 11.2 Å². The van der Waals surface area contributed by atoms with Crippen molar-refractivity contribution in [1.29, 1.82) is 0 Å². The topological polar surface area (TPSA) is 20.2 Å². The first-order valence-corrected chi connectivity index (χ1v) is 1.95. The zero-order valence-corrected chi connectivity index (χ0v) is 5.23. The van der Waals surface area contributed by atoms with E-state index >= 15 is 0 Å². The third kappa shape index (κ3) is 8.85. The molecule has 0 rings (SSSR count). The molecule has 0 amide bonds. The molecular weight excluding hydrogens is 96.1 g/mol. The molecule has 0 saturated carbocycles. The van der Waals surface area contributed by atoms with Gasteiger partial charge in [-0.1, -0.05) is 6.92 Å². The van der Waals surface area contributed by atoms with Crippen LogP contribution in [0, 0.1) is 0 Å². The van der Waals surface area contributed by atoms with E-state index in [-0.39, 0.29) is 19.6 Å². The number of hydrogen-bond acceptors (Lipinski definition) is 1. The molecule has 1 N–H and O–H groups in total. The number of rotatable bonds is 1. The number of aliphatic hydroxyl groups excluding tert-OH is 1. The molecule has 6 heavy (non-hydrogen) atoms. The normalized spacial score (nSPS) is 12.5. The first kappa shape index (κ1) is 9.58. The molecule has 0 aliphatic heterocycles. The Balaban J connectivity index is 0. The van der Waals surface area contributed by atoms with Crippen molar-refractivity contribution in [3.05, 3.63) is 0 Å². The Hall–Kier alpha value is 0.310. The smallest absolute Gasteiger partial charge is 0.0509 e. The van der Waals surface area contributed by atoms with Crippen molar-refractivity contribution in [3.63, 3.8) is 0 Å². The fraction of sp³-hybridized carbons (Fsp3) is 1.00. The minimum absolute atomic E-state index is 0.